The largest absolute Gasteiger partial charge is 0.354 e. The molecular formula is C37H23N3. The molecule has 3 nitrogen and oxygen atoms in total. The van der Waals surface area contributed by atoms with E-state index in [1.165, 1.54) is 49.3 Å². The Kier molecular flexibility index (Phi) is 4.39. The average molecular weight is 510 g/mol. The zero-order chi connectivity index (χ0) is 26.2. The highest BCUT2D eigenvalue weighted by molar-refractivity contribution is 6.25. The SMILES string of the molecule is c1ccc(-c2nc(C3c4ccccc4-c4c3c3[nH]c5ccccc5c3c3ccccc43)nc3ccccc23)cc1. The van der Waals surface area contributed by atoms with Gasteiger partial charge in [0.1, 0.15) is 5.82 Å². The Bertz CT molecular complexity index is 2280. The van der Waals surface area contributed by atoms with Gasteiger partial charge in [-0.05, 0) is 45.2 Å². The molecule has 9 rings (SSSR count). The summed E-state index contributed by atoms with van der Waals surface area (Å²) >= 11 is 0. The minimum absolute atomic E-state index is 0.0987. The summed E-state index contributed by atoms with van der Waals surface area (Å²) in [4.78, 5) is 14.5. The van der Waals surface area contributed by atoms with E-state index >= 15 is 0 Å². The van der Waals surface area contributed by atoms with E-state index in [-0.39, 0.29) is 5.92 Å². The Hall–Kier alpha value is -5.28. The molecule has 0 amide bonds. The molecule has 2 aromatic heterocycles. The summed E-state index contributed by atoms with van der Waals surface area (Å²) in [6, 6.07) is 45.1. The van der Waals surface area contributed by atoms with Crippen LogP contribution in [-0.2, 0) is 0 Å². The molecule has 0 radical (unpaired) electrons. The maximum Gasteiger partial charge on any atom is 0.141 e. The van der Waals surface area contributed by atoms with Gasteiger partial charge in [0.25, 0.3) is 0 Å². The normalized spacial score (nSPS) is 14.2. The summed E-state index contributed by atoms with van der Waals surface area (Å²) in [5, 5.41) is 6.13. The number of aromatic amines is 1. The van der Waals surface area contributed by atoms with Crippen LogP contribution in [0.2, 0.25) is 0 Å². The van der Waals surface area contributed by atoms with Crippen molar-refractivity contribution in [2.24, 2.45) is 0 Å². The molecule has 3 heteroatoms. The first kappa shape index (κ1) is 21.6. The van der Waals surface area contributed by atoms with Crippen LogP contribution in [0.5, 0.6) is 0 Å². The Labute approximate surface area is 230 Å². The number of fused-ring (bicyclic) bond motifs is 11. The molecule has 6 aromatic carbocycles. The fourth-order valence-electron chi connectivity index (χ4n) is 6.83. The van der Waals surface area contributed by atoms with Crippen molar-refractivity contribution < 1.29 is 0 Å². The molecule has 1 N–H and O–H groups in total. The van der Waals surface area contributed by atoms with Gasteiger partial charge >= 0.3 is 0 Å². The predicted octanol–water partition coefficient (Wildman–Crippen LogP) is 9.25. The van der Waals surface area contributed by atoms with E-state index in [1.807, 2.05) is 0 Å². The van der Waals surface area contributed by atoms with E-state index < -0.39 is 0 Å². The first-order valence-corrected chi connectivity index (χ1v) is 13.7. The number of nitrogens with one attached hydrogen (secondary N) is 1. The lowest BCUT2D eigenvalue weighted by atomic mass is 9.90. The summed E-state index contributed by atoms with van der Waals surface area (Å²) in [5.74, 6) is 0.734. The van der Waals surface area contributed by atoms with Crippen molar-refractivity contribution in [2.75, 3.05) is 0 Å². The molecule has 8 aromatic rings. The standard InChI is InChI=1S/C37H23N3/c1-2-12-22(13-3-1)35-28-19-9-11-21-30(28)39-37(40-35)33-26-17-7-5-15-24(26)31-23-14-4-6-16-25(23)32-27-18-8-10-20-29(27)38-36(32)34(31)33/h1-21,33,38H. The minimum atomic E-state index is -0.0987. The van der Waals surface area contributed by atoms with Crippen molar-refractivity contribution in [1.82, 2.24) is 15.0 Å². The summed E-state index contributed by atoms with van der Waals surface area (Å²) in [7, 11) is 0. The molecule has 0 aliphatic heterocycles. The third kappa shape index (κ3) is 2.89. The Morgan fingerprint density at radius 2 is 1.23 bits per heavy atom. The van der Waals surface area contributed by atoms with E-state index in [0.717, 1.165) is 33.5 Å². The third-order valence-electron chi connectivity index (χ3n) is 8.47. The molecule has 1 aliphatic carbocycles. The molecule has 1 aliphatic rings. The quantitative estimate of drug-likeness (QED) is 0.252. The molecule has 186 valence electrons. The van der Waals surface area contributed by atoms with Crippen LogP contribution in [0, 0.1) is 0 Å². The predicted molar refractivity (Wildman–Crippen MR) is 165 cm³/mol. The van der Waals surface area contributed by atoms with Crippen LogP contribution in [0.3, 0.4) is 0 Å². The third-order valence-corrected chi connectivity index (χ3v) is 8.47. The van der Waals surface area contributed by atoms with Crippen molar-refractivity contribution in [2.45, 2.75) is 5.92 Å². The number of hydrogen-bond acceptors (Lipinski definition) is 2. The van der Waals surface area contributed by atoms with Crippen molar-refractivity contribution in [3.05, 3.63) is 144 Å². The maximum absolute atomic E-state index is 5.37. The van der Waals surface area contributed by atoms with Gasteiger partial charge in [-0.1, -0.05) is 115 Å². The van der Waals surface area contributed by atoms with Gasteiger partial charge < -0.3 is 4.98 Å². The number of H-pyrrole nitrogens is 1. The molecule has 0 saturated heterocycles. The highest BCUT2D eigenvalue weighted by Gasteiger charge is 2.36. The van der Waals surface area contributed by atoms with E-state index in [1.54, 1.807) is 0 Å². The van der Waals surface area contributed by atoms with Gasteiger partial charge in [-0.15, -0.1) is 0 Å². The van der Waals surface area contributed by atoms with Crippen LogP contribution >= 0.6 is 0 Å². The minimum Gasteiger partial charge on any atom is -0.354 e. The highest BCUT2D eigenvalue weighted by Crippen LogP contribution is 2.54. The lowest BCUT2D eigenvalue weighted by molar-refractivity contribution is 0.896. The second-order valence-corrected chi connectivity index (χ2v) is 10.6. The number of para-hydroxylation sites is 2. The molecule has 0 fully saturated rings. The van der Waals surface area contributed by atoms with Gasteiger partial charge in [0.2, 0.25) is 0 Å². The molecular weight excluding hydrogens is 486 g/mol. The topological polar surface area (TPSA) is 41.6 Å². The summed E-state index contributed by atoms with van der Waals surface area (Å²) in [5.41, 5.74) is 10.4. The molecule has 0 saturated carbocycles. The van der Waals surface area contributed by atoms with Crippen LogP contribution < -0.4 is 0 Å². The van der Waals surface area contributed by atoms with Crippen molar-refractivity contribution >= 4 is 43.5 Å². The van der Waals surface area contributed by atoms with Gasteiger partial charge in [0, 0.05) is 27.2 Å². The van der Waals surface area contributed by atoms with Gasteiger partial charge in [-0.3, -0.25) is 0 Å². The summed E-state index contributed by atoms with van der Waals surface area (Å²) < 4.78 is 0. The van der Waals surface area contributed by atoms with E-state index in [4.69, 9.17) is 9.97 Å². The van der Waals surface area contributed by atoms with Crippen LogP contribution in [0.25, 0.3) is 65.9 Å². The van der Waals surface area contributed by atoms with Gasteiger partial charge in [-0.2, -0.15) is 0 Å². The van der Waals surface area contributed by atoms with E-state index in [0.29, 0.717) is 0 Å². The Balaban J connectivity index is 1.45. The van der Waals surface area contributed by atoms with Crippen molar-refractivity contribution in [3.63, 3.8) is 0 Å². The number of rotatable bonds is 2. The first-order valence-electron chi connectivity index (χ1n) is 13.7. The number of hydrogen-bond donors (Lipinski definition) is 1. The monoisotopic (exact) mass is 509 g/mol. The number of aromatic nitrogens is 3. The smallest absolute Gasteiger partial charge is 0.141 e. The zero-order valence-electron chi connectivity index (χ0n) is 21.6. The van der Waals surface area contributed by atoms with Crippen molar-refractivity contribution in [1.29, 1.82) is 0 Å². The first-order chi connectivity index (χ1) is 19.9. The maximum atomic E-state index is 5.37. The van der Waals surface area contributed by atoms with Crippen LogP contribution in [-0.4, -0.2) is 15.0 Å². The number of nitrogens with zero attached hydrogens (tertiary/aromatic N) is 2. The fraction of sp³-hybridized carbons (Fsp3) is 0.0270. The van der Waals surface area contributed by atoms with E-state index in [2.05, 4.69) is 132 Å². The highest BCUT2D eigenvalue weighted by atomic mass is 14.9. The lowest BCUT2D eigenvalue weighted by Gasteiger charge is -2.17. The van der Waals surface area contributed by atoms with Gasteiger partial charge in [-0.25, -0.2) is 9.97 Å². The summed E-state index contributed by atoms with van der Waals surface area (Å²) in [6.45, 7) is 0. The Morgan fingerprint density at radius 3 is 2.10 bits per heavy atom. The Morgan fingerprint density at radius 1 is 0.550 bits per heavy atom. The van der Waals surface area contributed by atoms with Gasteiger partial charge in [0.15, 0.2) is 0 Å². The molecule has 40 heavy (non-hydrogen) atoms. The molecule has 1 atom stereocenters. The van der Waals surface area contributed by atoms with Crippen LogP contribution in [0.4, 0.5) is 0 Å². The average Bonchev–Trinajstić information content (AvgIpc) is 3.58. The van der Waals surface area contributed by atoms with Crippen LogP contribution in [0.1, 0.15) is 22.9 Å². The molecule has 0 bridgehead atoms. The second-order valence-electron chi connectivity index (χ2n) is 10.6. The summed E-state index contributed by atoms with van der Waals surface area (Å²) in [6.07, 6.45) is 0. The second kappa shape index (κ2) is 8.11. The zero-order valence-corrected chi connectivity index (χ0v) is 21.6. The van der Waals surface area contributed by atoms with Gasteiger partial charge in [0.05, 0.1) is 22.6 Å². The number of benzene rings is 6. The molecule has 1 unspecified atom stereocenters. The fourth-order valence-corrected chi connectivity index (χ4v) is 6.83. The molecule has 2 heterocycles. The van der Waals surface area contributed by atoms with Crippen LogP contribution in [0.15, 0.2) is 127 Å². The lowest BCUT2D eigenvalue weighted by Crippen LogP contribution is -2.07. The molecule has 0 spiro atoms. The van der Waals surface area contributed by atoms with Crippen molar-refractivity contribution in [3.8, 4) is 22.4 Å². The van der Waals surface area contributed by atoms with E-state index in [9.17, 15) is 0 Å².